The standard InChI is InChI=1S/C13H21NO2/c1-10-8-16-9-11(2)14(10)13(15)12-6-4-3-5-7-12/h3-4,10-12H,5-9H2,1-2H3. The van der Waals surface area contributed by atoms with E-state index in [9.17, 15) is 4.79 Å². The number of amides is 1. The topological polar surface area (TPSA) is 29.5 Å². The van der Waals surface area contributed by atoms with Gasteiger partial charge in [0.25, 0.3) is 0 Å². The van der Waals surface area contributed by atoms with Gasteiger partial charge in [-0.1, -0.05) is 12.2 Å². The highest BCUT2D eigenvalue weighted by Crippen LogP contribution is 2.24. The van der Waals surface area contributed by atoms with Gasteiger partial charge < -0.3 is 9.64 Å². The van der Waals surface area contributed by atoms with Crippen molar-refractivity contribution in [2.24, 2.45) is 5.92 Å². The summed E-state index contributed by atoms with van der Waals surface area (Å²) in [5.41, 5.74) is 0. The Morgan fingerprint density at radius 1 is 1.25 bits per heavy atom. The molecule has 2 rings (SSSR count). The zero-order chi connectivity index (χ0) is 11.5. The predicted molar refractivity (Wildman–Crippen MR) is 63.1 cm³/mol. The Kier molecular flexibility index (Phi) is 3.64. The van der Waals surface area contributed by atoms with Crippen LogP contribution in [0.5, 0.6) is 0 Å². The fourth-order valence-corrected chi connectivity index (χ4v) is 2.67. The van der Waals surface area contributed by atoms with Crippen LogP contribution in [-0.4, -0.2) is 36.1 Å². The number of nitrogens with zero attached hydrogens (tertiary/aromatic N) is 1. The summed E-state index contributed by atoms with van der Waals surface area (Å²) in [6.45, 7) is 5.51. The van der Waals surface area contributed by atoms with Gasteiger partial charge >= 0.3 is 0 Å². The van der Waals surface area contributed by atoms with Crippen LogP contribution >= 0.6 is 0 Å². The molecule has 16 heavy (non-hydrogen) atoms. The molecule has 90 valence electrons. The molecule has 0 N–H and O–H groups in total. The molecule has 0 aromatic rings. The number of hydrogen-bond donors (Lipinski definition) is 0. The first-order valence-electron chi connectivity index (χ1n) is 6.25. The van der Waals surface area contributed by atoms with Gasteiger partial charge in [-0.15, -0.1) is 0 Å². The highest BCUT2D eigenvalue weighted by molar-refractivity contribution is 5.80. The van der Waals surface area contributed by atoms with Crippen LogP contribution in [0.1, 0.15) is 33.1 Å². The van der Waals surface area contributed by atoms with Crippen LogP contribution in [0, 0.1) is 5.92 Å². The maximum atomic E-state index is 12.4. The molecule has 3 unspecified atom stereocenters. The average Bonchev–Trinajstić information content (AvgIpc) is 2.30. The van der Waals surface area contributed by atoms with Crippen molar-refractivity contribution >= 4 is 5.91 Å². The second-order valence-electron chi connectivity index (χ2n) is 4.96. The van der Waals surface area contributed by atoms with E-state index in [1.807, 2.05) is 4.90 Å². The molecule has 3 nitrogen and oxygen atoms in total. The molecule has 2 aliphatic rings. The summed E-state index contributed by atoms with van der Waals surface area (Å²) in [6.07, 6.45) is 7.28. The smallest absolute Gasteiger partial charge is 0.226 e. The van der Waals surface area contributed by atoms with E-state index in [0.29, 0.717) is 19.1 Å². The zero-order valence-electron chi connectivity index (χ0n) is 10.2. The molecular weight excluding hydrogens is 202 g/mol. The predicted octanol–water partition coefficient (Wildman–Crippen LogP) is 1.98. The van der Waals surface area contributed by atoms with Crippen molar-refractivity contribution in [2.45, 2.75) is 45.2 Å². The van der Waals surface area contributed by atoms with E-state index >= 15 is 0 Å². The minimum atomic E-state index is 0.202. The molecule has 0 saturated carbocycles. The molecule has 1 aliphatic carbocycles. The first kappa shape index (κ1) is 11.6. The highest BCUT2D eigenvalue weighted by atomic mass is 16.5. The molecule has 1 heterocycles. The first-order valence-corrected chi connectivity index (χ1v) is 6.25. The van der Waals surface area contributed by atoms with Crippen molar-refractivity contribution in [1.82, 2.24) is 4.90 Å². The van der Waals surface area contributed by atoms with Crippen molar-refractivity contribution in [3.8, 4) is 0 Å². The van der Waals surface area contributed by atoms with E-state index in [0.717, 1.165) is 19.3 Å². The summed E-state index contributed by atoms with van der Waals surface area (Å²) in [4.78, 5) is 14.4. The largest absolute Gasteiger partial charge is 0.377 e. The summed E-state index contributed by atoms with van der Waals surface area (Å²) < 4.78 is 5.45. The first-order chi connectivity index (χ1) is 7.70. The Hall–Kier alpha value is -0.830. The van der Waals surface area contributed by atoms with Crippen LogP contribution in [0.4, 0.5) is 0 Å². The number of carbonyl (C=O) groups excluding carboxylic acids is 1. The van der Waals surface area contributed by atoms with Crippen molar-refractivity contribution in [1.29, 1.82) is 0 Å². The molecule has 3 atom stereocenters. The molecular formula is C13H21NO2. The number of ether oxygens (including phenoxy) is 1. The average molecular weight is 223 g/mol. The number of morpholine rings is 1. The van der Waals surface area contributed by atoms with Crippen LogP contribution in [0.15, 0.2) is 12.2 Å². The Bertz CT molecular complexity index is 278. The summed E-state index contributed by atoms with van der Waals surface area (Å²) >= 11 is 0. The van der Waals surface area contributed by atoms with Gasteiger partial charge in [0.15, 0.2) is 0 Å². The Morgan fingerprint density at radius 3 is 2.50 bits per heavy atom. The lowest BCUT2D eigenvalue weighted by atomic mass is 9.92. The molecule has 1 amide bonds. The van der Waals surface area contributed by atoms with E-state index < -0.39 is 0 Å². The molecule has 1 fully saturated rings. The van der Waals surface area contributed by atoms with E-state index in [1.165, 1.54) is 0 Å². The third kappa shape index (κ3) is 2.29. The maximum Gasteiger partial charge on any atom is 0.226 e. The number of carbonyl (C=O) groups is 1. The number of hydrogen-bond acceptors (Lipinski definition) is 2. The molecule has 1 saturated heterocycles. The minimum Gasteiger partial charge on any atom is -0.377 e. The molecule has 0 radical (unpaired) electrons. The lowest BCUT2D eigenvalue weighted by Gasteiger charge is -2.40. The van der Waals surface area contributed by atoms with Crippen LogP contribution in [0.3, 0.4) is 0 Å². The molecule has 3 heteroatoms. The molecule has 0 aromatic carbocycles. The molecule has 0 aromatic heterocycles. The van der Waals surface area contributed by atoms with Crippen LogP contribution in [0.2, 0.25) is 0 Å². The third-order valence-electron chi connectivity index (χ3n) is 3.54. The quantitative estimate of drug-likeness (QED) is 0.636. The van der Waals surface area contributed by atoms with Crippen LogP contribution in [-0.2, 0) is 9.53 Å². The van der Waals surface area contributed by atoms with Crippen LogP contribution < -0.4 is 0 Å². The molecule has 0 spiro atoms. The van der Waals surface area contributed by atoms with Gasteiger partial charge in [-0.3, -0.25) is 4.79 Å². The van der Waals surface area contributed by atoms with Crippen molar-refractivity contribution in [2.75, 3.05) is 13.2 Å². The van der Waals surface area contributed by atoms with Crippen molar-refractivity contribution in [3.05, 3.63) is 12.2 Å². The van der Waals surface area contributed by atoms with E-state index in [-0.39, 0.29) is 18.0 Å². The molecule has 1 aliphatic heterocycles. The van der Waals surface area contributed by atoms with E-state index in [2.05, 4.69) is 26.0 Å². The third-order valence-corrected chi connectivity index (χ3v) is 3.54. The number of rotatable bonds is 1. The number of allylic oxidation sites excluding steroid dienone is 2. The zero-order valence-corrected chi connectivity index (χ0v) is 10.2. The Balaban J connectivity index is 2.04. The van der Waals surface area contributed by atoms with Gasteiger partial charge in [0.1, 0.15) is 0 Å². The van der Waals surface area contributed by atoms with Gasteiger partial charge in [-0.25, -0.2) is 0 Å². The van der Waals surface area contributed by atoms with Gasteiger partial charge in [-0.2, -0.15) is 0 Å². The highest BCUT2D eigenvalue weighted by Gasteiger charge is 2.33. The van der Waals surface area contributed by atoms with E-state index in [4.69, 9.17) is 4.74 Å². The SMILES string of the molecule is CC1COCC(C)N1C(=O)C1CC=CCC1. The minimum absolute atomic E-state index is 0.202. The van der Waals surface area contributed by atoms with Gasteiger partial charge in [-0.05, 0) is 33.1 Å². The fourth-order valence-electron chi connectivity index (χ4n) is 2.67. The van der Waals surface area contributed by atoms with Gasteiger partial charge in [0.05, 0.1) is 25.3 Å². The normalized spacial score (nSPS) is 35.1. The van der Waals surface area contributed by atoms with Gasteiger partial charge in [0.2, 0.25) is 5.91 Å². The second-order valence-corrected chi connectivity index (χ2v) is 4.96. The van der Waals surface area contributed by atoms with E-state index in [1.54, 1.807) is 0 Å². The monoisotopic (exact) mass is 223 g/mol. The summed E-state index contributed by atoms with van der Waals surface area (Å²) in [6, 6.07) is 0.448. The lowest BCUT2D eigenvalue weighted by molar-refractivity contribution is -0.148. The van der Waals surface area contributed by atoms with Crippen LogP contribution in [0.25, 0.3) is 0 Å². The summed E-state index contributed by atoms with van der Waals surface area (Å²) in [7, 11) is 0. The summed E-state index contributed by atoms with van der Waals surface area (Å²) in [5, 5.41) is 0. The fraction of sp³-hybridized carbons (Fsp3) is 0.769. The summed E-state index contributed by atoms with van der Waals surface area (Å²) in [5.74, 6) is 0.528. The lowest BCUT2D eigenvalue weighted by Crippen LogP contribution is -2.54. The second kappa shape index (κ2) is 5.00. The maximum absolute atomic E-state index is 12.4. The van der Waals surface area contributed by atoms with Crippen molar-refractivity contribution < 1.29 is 9.53 Å². The van der Waals surface area contributed by atoms with Crippen molar-refractivity contribution in [3.63, 3.8) is 0 Å². The Morgan fingerprint density at radius 2 is 1.94 bits per heavy atom. The molecule has 0 bridgehead atoms. The van der Waals surface area contributed by atoms with Gasteiger partial charge in [0, 0.05) is 5.92 Å². The Labute approximate surface area is 97.5 Å².